The lowest BCUT2D eigenvalue weighted by molar-refractivity contribution is -0.128. The van der Waals surface area contributed by atoms with E-state index < -0.39 is 0 Å². The first-order valence-corrected chi connectivity index (χ1v) is 5.04. The maximum atomic E-state index is 9.77. The number of carbonyl (C=O) groups excluding carboxylic acids is 1. The minimum Gasteiger partial charge on any atom is -0.468 e. The smallest absolute Gasteiger partial charge is 0.293 e. The van der Waals surface area contributed by atoms with Crippen molar-refractivity contribution in [3.8, 4) is 0 Å². The van der Waals surface area contributed by atoms with Gasteiger partial charge in [-0.1, -0.05) is 13.3 Å². The second-order valence-electron chi connectivity index (χ2n) is 2.99. The maximum absolute atomic E-state index is 9.77. The van der Waals surface area contributed by atoms with Gasteiger partial charge in [0.1, 0.15) is 0 Å². The summed E-state index contributed by atoms with van der Waals surface area (Å²) < 4.78 is 9.89. The number of hydrogen-bond donors (Lipinski definition) is 0. The van der Waals surface area contributed by atoms with Gasteiger partial charge in [-0.05, 0) is 25.7 Å². The lowest BCUT2D eigenvalue weighted by atomic mass is 10.2. The molecule has 0 rings (SSSR count). The number of unbranched alkanes of at least 4 members (excludes halogenated alkanes) is 3. The largest absolute Gasteiger partial charge is 0.468 e. The first-order valence-electron chi connectivity index (χ1n) is 5.04. The molecule has 3 nitrogen and oxygen atoms in total. The Morgan fingerprint density at radius 3 is 2.31 bits per heavy atom. The predicted molar refractivity (Wildman–Crippen MR) is 51.6 cm³/mol. The third kappa shape index (κ3) is 11.4. The number of rotatable bonds is 10. The molecule has 0 amide bonds. The Labute approximate surface area is 80.4 Å². The summed E-state index contributed by atoms with van der Waals surface area (Å²) >= 11 is 0. The van der Waals surface area contributed by atoms with Gasteiger partial charge in [0.2, 0.25) is 0 Å². The van der Waals surface area contributed by atoms with Gasteiger partial charge in [0, 0.05) is 13.2 Å². The van der Waals surface area contributed by atoms with Gasteiger partial charge in [0.25, 0.3) is 6.47 Å². The van der Waals surface area contributed by atoms with Gasteiger partial charge in [-0.3, -0.25) is 4.79 Å². The van der Waals surface area contributed by atoms with Crippen LogP contribution in [0.4, 0.5) is 0 Å². The Morgan fingerprint density at radius 2 is 1.69 bits per heavy atom. The Balaban J connectivity index is 2.79. The van der Waals surface area contributed by atoms with Crippen molar-refractivity contribution < 1.29 is 14.3 Å². The molecule has 0 aromatic heterocycles. The van der Waals surface area contributed by atoms with Crippen molar-refractivity contribution >= 4 is 6.47 Å². The van der Waals surface area contributed by atoms with Crippen LogP contribution in [0.25, 0.3) is 0 Å². The van der Waals surface area contributed by atoms with Crippen LogP contribution in [0.1, 0.15) is 39.0 Å². The Bertz CT molecular complexity index is 104. The van der Waals surface area contributed by atoms with E-state index in [0.29, 0.717) is 13.1 Å². The molecule has 78 valence electrons. The first kappa shape index (κ1) is 12.4. The van der Waals surface area contributed by atoms with E-state index >= 15 is 0 Å². The quantitative estimate of drug-likeness (QED) is 0.389. The molecule has 0 heterocycles. The molecule has 0 saturated heterocycles. The highest BCUT2D eigenvalue weighted by Gasteiger charge is 1.90. The van der Waals surface area contributed by atoms with Crippen molar-refractivity contribution in [2.24, 2.45) is 0 Å². The monoisotopic (exact) mass is 188 g/mol. The minimum absolute atomic E-state index is 0.504. The molecule has 0 spiro atoms. The van der Waals surface area contributed by atoms with Gasteiger partial charge in [0.05, 0.1) is 6.61 Å². The fraction of sp³-hybridized carbons (Fsp3) is 0.900. The molecule has 0 aromatic carbocycles. The van der Waals surface area contributed by atoms with Crippen LogP contribution in [-0.4, -0.2) is 26.3 Å². The van der Waals surface area contributed by atoms with Gasteiger partial charge in [0.15, 0.2) is 0 Å². The van der Waals surface area contributed by atoms with E-state index in [4.69, 9.17) is 4.74 Å². The van der Waals surface area contributed by atoms with Gasteiger partial charge in [-0.25, -0.2) is 0 Å². The summed E-state index contributed by atoms with van der Waals surface area (Å²) in [6, 6.07) is 0. The molecule has 0 N–H and O–H groups in total. The van der Waals surface area contributed by atoms with E-state index in [1.165, 1.54) is 0 Å². The average Bonchev–Trinajstić information content (AvgIpc) is 2.16. The lowest BCUT2D eigenvalue weighted by Crippen LogP contribution is -1.96. The van der Waals surface area contributed by atoms with Crippen LogP contribution in [0.15, 0.2) is 0 Å². The summed E-state index contributed by atoms with van der Waals surface area (Å²) in [4.78, 5) is 9.77. The highest BCUT2D eigenvalue weighted by molar-refractivity contribution is 5.36. The number of ether oxygens (including phenoxy) is 2. The first-order chi connectivity index (χ1) is 6.41. The van der Waals surface area contributed by atoms with Crippen LogP contribution in [0.2, 0.25) is 0 Å². The van der Waals surface area contributed by atoms with Crippen molar-refractivity contribution in [3.63, 3.8) is 0 Å². The van der Waals surface area contributed by atoms with Crippen LogP contribution in [-0.2, 0) is 14.3 Å². The molecule has 0 aromatic rings. The number of carbonyl (C=O) groups is 1. The molecular formula is C10H20O3. The van der Waals surface area contributed by atoms with E-state index in [2.05, 4.69) is 11.7 Å². The Kier molecular flexibility index (Phi) is 10.9. The SMILES string of the molecule is CCCOCCCCCCOC=O. The summed E-state index contributed by atoms with van der Waals surface area (Å²) in [7, 11) is 0. The maximum Gasteiger partial charge on any atom is 0.293 e. The molecule has 0 radical (unpaired) electrons. The molecule has 0 aliphatic heterocycles. The second-order valence-corrected chi connectivity index (χ2v) is 2.99. The Morgan fingerprint density at radius 1 is 1.00 bits per heavy atom. The highest BCUT2D eigenvalue weighted by Crippen LogP contribution is 2.00. The normalized spacial score (nSPS) is 9.92. The van der Waals surface area contributed by atoms with Crippen molar-refractivity contribution in [1.29, 1.82) is 0 Å². The molecule has 0 saturated carbocycles. The molecule has 3 heteroatoms. The van der Waals surface area contributed by atoms with Crippen LogP contribution in [0, 0.1) is 0 Å². The van der Waals surface area contributed by atoms with Gasteiger partial charge in [-0.15, -0.1) is 0 Å². The molecule has 0 bridgehead atoms. The summed E-state index contributed by atoms with van der Waals surface area (Å²) in [6.45, 7) is 4.90. The van der Waals surface area contributed by atoms with Gasteiger partial charge >= 0.3 is 0 Å². The van der Waals surface area contributed by atoms with Crippen LogP contribution >= 0.6 is 0 Å². The third-order valence-electron chi connectivity index (χ3n) is 1.72. The Hall–Kier alpha value is -0.570. The molecule has 0 atom stereocenters. The van der Waals surface area contributed by atoms with Crippen molar-refractivity contribution in [2.45, 2.75) is 39.0 Å². The zero-order valence-electron chi connectivity index (χ0n) is 8.46. The van der Waals surface area contributed by atoms with Crippen LogP contribution in [0.5, 0.6) is 0 Å². The minimum atomic E-state index is 0.504. The summed E-state index contributed by atoms with van der Waals surface area (Å²) in [5, 5.41) is 0. The summed E-state index contributed by atoms with van der Waals surface area (Å²) in [5.74, 6) is 0. The molecule has 0 unspecified atom stereocenters. The van der Waals surface area contributed by atoms with E-state index in [1.54, 1.807) is 0 Å². The van der Waals surface area contributed by atoms with Crippen molar-refractivity contribution in [1.82, 2.24) is 0 Å². The predicted octanol–water partition coefficient (Wildman–Crippen LogP) is 2.15. The average molecular weight is 188 g/mol. The highest BCUT2D eigenvalue weighted by atomic mass is 16.5. The molecule has 0 aliphatic rings. The zero-order chi connectivity index (χ0) is 9.78. The van der Waals surface area contributed by atoms with E-state index in [0.717, 1.165) is 45.3 Å². The fourth-order valence-corrected chi connectivity index (χ4v) is 1.04. The van der Waals surface area contributed by atoms with Crippen molar-refractivity contribution in [2.75, 3.05) is 19.8 Å². The van der Waals surface area contributed by atoms with E-state index in [9.17, 15) is 4.79 Å². The van der Waals surface area contributed by atoms with E-state index in [-0.39, 0.29) is 0 Å². The van der Waals surface area contributed by atoms with Gasteiger partial charge < -0.3 is 9.47 Å². The van der Waals surface area contributed by atoms with Crippen LogP contribution in [0.3, 0.4) is 0 Å². The third-order valence-corrected chi connectivity index (χ3v) is 1.72. The molecule has 13 heavy (non-hydrogen) atoms. The summed E-state index contributed by atoms with van der Waals surface area (Å²) in [5.41, 5.74) is 0. The molecule has 0 fully saturated rings. The lowest BCUT2D eigenvalue weighted by Gasteiger charge is -2.02. The molecule has 0 aliphatic carbocycles. The van der Waals surface area contributed by atoms with Crippen molar-refractivity contribution in [3.05, 3.63) is 0 Å². The van der Waals surface area contributed by atoms with Crippen LogP contribution < -0.4 is 0 Å². The number of hydrogen-bond acceptors (Lipinski definition) is 3. The van der Waals surface area contributed by atoms with Gasteiger partial charge in [-0.2, -0.15) is 0 Å². The van der Waals surface area contributed by atoms with E-state index in [1.807, 2.05) is 0 Å². The summed E-state index contributed by atoms with van der Waals surface area (Å²) in [6.07, 6.45) is 5.44. The topological polar surface area (TPSA) is 35.5 Å². The molecular weight excluding hydrogens is 168 g/mol. The zero-order valence-corrected chi connectivity index (χ0v) is 8.46. The second kappa shape index (κ2) is 11.4. The standard InChI is InChI=1S/C10H20O3/c1-2-7-12-8-5-3-4-6-9-13-10-11/h10H,2-9H2,1H3. The fourth-order valence-electron chi connectivity index (χ4n) is 1.04.